The first-order valence-electron chi connectivity index (χ1n) is 13.1. The SMILES string of the molecule is CCC(C(=O)NC(C)(C)C)N(Cc1ccccc1Cl)C(=O)CN(c1cccc(C(F)(F)F)c1)S(=O)(=O)c1ccccc1. The van der Waals surface area contributed by atoms with Crippen molar-refractivity contribution in [2.45, 2.75) is 63.3 Å². The number of carbonyl (C=O) groups is 2. The normalized spacial score (nSPS) is 12.9. The van der Waals surface area contributed by atoms with Crippen LogP contribution in [0.2, 0.25) is 5.02 Å². The number of carbonyl (C=O) groups excluding carboxylic acids is 2. The van der Waals surface area contributed by atoms with Gasteiger partial charge in [-0.3, -0.25) is 13.9 Å². The molecule has 1 N–H and O–H groups in total. The molecule has 0 aliphatic rings. The number of sulfonamides is 1. The maximum Gasteiger partial charge on any atom is 0.416 e. The van der Waals surface area contributed by atoms with Gasteiger partial charge in [0.1, 0.15) is 12.6 Å². The van der Waals surface area contributed by atoms with E-state index in [2.05, 4.69) is 5.32 Å². The van der Waals surface area contributed by atoms with E-state index in [1.807, 2.05) is 0 Å². The molecule has 0 fully saturated rings. The molecule has 12 heteroatoms. The third-order valence-electron chi connectivity index (χ3n) is 6.25. The lowest BCUT2D eigenvalue weighted by molar-refractivity contribution is -0.141. The summed E-state index contributed by atoms with van der Waals surface area (Å²) in [6.07, 6.45) is -4.58. The fraction of sp³-hybridized carbons (Fsp3) is 0.333. The molecular formula is C30H33ClF3N3O4S. The van der Waals surface area contributed by atoms with Crippen LogP contribution in [0.4, 0.5) is 18.9 Å². The van der Waals surface area contributed by atoms with Gasteiger partial charge in [-0.25, -0.2) is 8.42 Å². The van der Waals surface area contributed by atoms with E-state index in [1.54, 1.807) is 58.0 Å². The lowest BCUT2D eigenvalue weighted by Gasteiger charge is -2.35. The maximum absolute atomic E-state index is 14.0. The minimum absolute atomic E-state index is 0.142. The molecule has 0 aromatic heterocycles. The highest BCUT2D eigenvalue weighted by atomic mass is 35.5. The number of hydrogen-bond donors (Lipinski definition) is 1. The van der Waals surface area contributed by atoms with Gasteiger partial charge in [0, 0.05) is 17.1 Å². The number of halogens is 4. The Morgan fingerprint density at radius 2 is 1.55 bits per heavy atom. The number of amides is 2. The summed E-state index contributed by atoms with van der Waals surface area (Å²) < 4.78 is 69.0. The molecule has 0 radical (unpaired) electrons. The molecule has 226 valence electrons. The van der Waals surface area contributed by atoms with Crippen LogP contribution in [0.3, 0.4) is 0 Å². The summed E-state index contributed by atoms with van der Waals surface area (Å²) in [4.78, 5) is 28.4. The van der Waals surface area contributed by atoms with Crippen LogP contribution in [0.15, 0.2) is 83.8 Å². The second kappa shape index (κ2) is 13.2. The lowest BCUT2D eigenvalue weighted by atomic mass is 10.1. The molecule has 0 spiro atoms. The van der Waals surface area contributed by atoms with Crippen LogP contribution in [0.5, 0.6) is 0 Å². The van der Waals surface area contributed by atoms with Crippen LogP contribution in [0.1, 0.15) is 45.2 Å². The summed E-state index contributed by atoms with van der Waals surface area (Å²) in [6.45, 7) is 6.02. The summed E-state index contributed by atoms with van der Waals surface area (Å²) >= 11 is 6.37. The number of alkyl halides is 3. The van der Waals surface area contributed by atoms with Gasteiger partial charge < -0.3 is 10.2 Å². The van der Waals surface area contributed by atoms with Crippen molar-refractivity contribution in [3.8, 4) is 0 Å². The fourth-order valence-electron chi connectivity index (χ4n) is 4.27. The molecule has 0 aliphatic carbocycles. The maximum atomic E-state index is 14.0. The van der Waals surface area contributed by atoms with Crippen LogP contribution in [0, 0.1) is 0 Å². The minimum atomic E-state index is -4.75. The molecule has 1 atom stereocenters. The summed E-state index contributed by atoms with van der Waals surface area (Å²) in [5, 5.41) is 3.18. The Labute approximate surface area is 249 Å². The molecule has 42 heavy (non-hydrogen) atoms. The summed E-state index contributed by atoms with van der Waals surface area (Å²) in [6, 6.07) is 16.5. The van der Waals surface area contributed by atoms with Crippen molar-refractivity contribution < 1.29 is 31.2 Å². The van der Waals surface area contributed by atoms with Gasteiger partial charge in [0.05, 0.1) is 16.1 Å². The van der Waals surface area contributed by atoms with Gasteiger partial charge in [-0.05, 0) is 69.2 Å². The molecule has 2 amide bonds. The van der Waals surface area contributed by atoms with Gasteiger partial charge >= 0.3 is 6.18 Å². The Kier molecular flexibility index (Phi) is 10.3. The van der Waals surface area contributed by atoms with E-state index < -0.39 is 51.7 Å². The van der Waals surface area contributed by atoms with Gasteiger partial charge in [-0.2, -0.15) is 13.2 Å². The van der Waals surface area contributed by atoms with Gasteiger partial charge in [0.2, 0.25) is 11.8 Å². The first kappa shape index (κ1) is 32.9. The average Bonchev–Trinajstić information content (AvgIpc) is 2.91. The van der Waals surface area contributed by atoms with Crippen LogP contribution in [0.25, 0.3) is 0 Å². The number of anilines is 1. The van der Waals surface area contributed by atoms with E-state index in [9.17, 15) is 31.2 Å². The van der Waals surface area contributed by atoms with Crippen molar-refractivity contribution in [3.05, 3.63) is 95.0 Å². The number of hydrogen-bond acceptors (Lipinski definition) is 4. The molecule has 3 aromatic rings. The van der Waals surface area contributed by atoms with E-state index in [0.29, 0.717) is 21.0 Å². The first-order valence-corrected chi connectivity index (χ1v) is 15.0. The Morgan fingerprint density at radius 3 is 2.12 bits per heavy atom. The van der Waals surface area contributed by atoms with Crippen molar-refractivity contribution >= 4 is 39.1 Å². The summed E-state index contributed by atoms with van der Waals surface area (Å²) in [7, 11) is -4.52. The average molecular weight is 624 g/mol. The molecule has 1 unspecified atom stereocenters. The quantitative estimate of drug-likeness (QED) is 0.288. The molecular weight excluding hydrogens is 591 g/mol. The molecule has 0 saturated heterocycles. The van der Waals surface area contributed by atoms with E-state index in [0.717, 1.165) is 12.1 Å². The van der Waals surface area contributed by atoms with Crippen LogP contribution < -0.4 is 9.62 Å². The number of nitrogens with zero attached hydrogens (tertiary/aromatic N) is 2. The zero-order valence-electron chi connectivity index (χ0n) is 23.7. The highest BCUT2D eigenvalue weighted by Crippen LogP contribution is 2.33. The second-order valence-corrected chi connectivity index (χ2v) is 12.9. The third kappa shape index (κ3) is 8.25. The number of nitrogens with one attached hydrogen (secondary N) is 1. The number of benzene rings is 3. The lowest BCUT2D eigenvalue weighted by Crippen LogP contribution is -2.55. The largest absolute Gasteiger partial charge is 0.416 e. The third-order valence-corrected chi connectivity index (χ3v) is 8.41. The molecule has 0 saturated carbocycles. The van der Waals surface area contributed by atoms with E-state index in [4.69, 9.17) is 11.6 Å². The molecule has 0 aliphatic heterocycles. The van der Waals surface area contributed by atoms with E-state index in [1.165, 1.54) is 35.2 Å². The van der Waals surface area contributed by atoms with Crippen LogP contribution >= 0.6 is 11.6 Å². The monoisotopic (exact) mass is 623 g/mol. The van der Waals surface area contributed by atoms with Crippen molar-refractivity contribution in [1.29, 1.82) is 0 Å². The Hall–Kier alpha value is -3.57. The molecule has 0 heterocycles. The van der Waals surface area contributed by atoms with Gasteiger partial charge in [-0.15, -0.1) is 0 Å². The molecule has 3 rings (SSSR count). The minimum Gasteiger partial charge on any atom is -0.350 e. The van der Waals surface area contributed by atoms with Crippen molar-refractivity contribution in [2.75, 3.05) is 10.8 Å². The summed E-state index contributed by atoms with van der Waals surface area (Å²) in [5.41, 5.74) is -1.56. The first-order chi connectivity index (χ1) is 19.5. The molecule has 3 aromatic carbocycles. The zero-order valence-corrected chi connectivity index (χ0v) is 25.2. The topological polar surface area (TPSA) is 86.8 Å². The highest BCUT2D eigenvalue weighted by molar-refractivity contribution is 7.92. The van der Waals surface area contributed by atoms with Crippen LogP contribution in [-0.4, -0.2) is 43.3 Å². The zero-order chi connectivity index (χ0) is 31.3. The van der Waals surface area contributed by atoms with E-state index in [-0.39, 0.29) is 23.5 Å². The Bertz CT molecular complexity index is 1510. The second-order valence-electron chi connectivity index (χ2n) is 10.6. The smallest absolute Gasteiger partial charge is 0.350 e. The standard InChI is InChI=1S/C30H33ClF3N3O4S/c1-5-26(28(39)35-29(2,3)4)36(19-21-12-9-10-17-25(21)31)27(38)20-37(42(40,41)24-15-7-6-8-16-24)23-14-11-13-22(18-23)30(32,33)34/h6-18,26H,5,19-20H2,1-4H3,(H,35,39). The summed E-state index contributed by atoms with van der Waals surface area (Å²) in [5.74, 6) is -1.27. The highest BCUT2D eigenvalue weighted by Gasteiger charge is 2.36. The fourth-order valence-corrected chi connectivity index (χ4v) is 5.89. The van der Waals surface area contributed by atoms with Crippen molar-refractivity contribution in [1.82, 2.24) is 10.2 Å². The Morgan fingerprint density at radius 1 is 0.929 bits per heavy atom. The predicted molar refractivity (Wildman–Crippen MR) is 156 cm³/mol. The number of rotatable bonds is 10. The molecule has 0 bridgehead atoms. The Balaban J connectivity index is 2.13. The van der Waals surface area contributed by atoms with E-state index >= 15 is 0 Å². The van der Waals surface area contributed by atoms with Gasteiger partial charge in [0.15, 0.2) is 0 Å². The van der Waals surface area contributed by atoms with Gasteiger partial charge in [-0.1, -0.05) is 61.0 Å². The molecule has 7 nitrogen and oxygen atoms in total. The predicted octanol–water partition coefficient (Wildman–Crippen LogP) is 6.28. The van der Waals surface area contributed by atoms with Crippen LogP contribution in [-0.2, 0) is 32.3 Å². The van der Waals surface area contributed by atoms with Crippen molar-refractivity contribution in [3.63, 3.8) is 0 Å². The van der Waals surface area contributed by atoms with Crippen molar-refractivity contribution in [2.24, 2.45) is 0 Å². The van der Waals surface area contributed by atoms with Gasteiger partial charge in [0.25, 0.3) is 10.0 Å².